The van der Waals surface area contributed by atoms with Gasteiger partial charge in [0.25, 0.3) is 0 Å². The third-order valence-electron chi connectivity index (χ3n) is 4.77. The van der Waals surface area contributed by atoms with Crippen LogP contribution >= 0.6 is 0 Å². The third-order valence-corrected chi connectivity index (χ3v) is 6.31. The van der Waals surface area contributed by atoms with Crippen molar-refractivity contribution in [1.82, 2.24) is 19.4 Å². The first-order valence-electron chi connectivity index (χ1n) is 7.40. The minimum Gasteiger partial charge on any atom is -0.381 e. The van der Waals surface area contributed by atoms with Gasteiger partial charge in [-0.2, -0.15) is 5.10 Å². The Morgan fingerprint density at radius 1 is 1.29 bits per heavy atom. The second-order valence-corrected chi connectivity index (χ2v) is 7.93. The van der Waals surface area contributed by atoms with E-state index in [-0.39, 0.29) is 16.8 Å². The zero-order valence-electron chi connectivity index (χ0n) is 12.5. The Morgan fingerprint density at radius 3 is 2.43 bits per heavy atom. The maximum absolute atomic E-state index is 12.5. The normalized spacial score (nSPS) is 30.5. The lowest BCUT2D eigenvalue weighted by Crippen LogP contribution is -2.55. The van der Waals surface area contributed by atoms with Crippen molar-refractivity contribution in [2.75, 3.05) is 12.8 Å². The van der Waals surface area contributed by atoms with E-state index < -0.39 is 10.0 Å². The van der Waals surface area contributed by atoms with Crippen molar-refractivity contribution < 1.29 is 8.42 Å². The Kier molecular flexibility index (Phi) is 3.71. The van der Waals surface area contributed by atoms with Gasteiger partial charge < -0.3 is 10.6 Å². The molecule has 0 amide bonds. The van der Waals surface area contributed by atoms with E-state index in [9.17, 15) is 8.42 Å². The number of rotatable bonds is 3. The number of nitrogens with zero attached hydrogens (tertiary/aromatic N) is 3. The van der Waals surface area contributed by atoms with Crippen molar-refractivity contribution >= 4 is 15.8 Å². The van der Waals surface area contributed by atoms with E-state index in [1.54, 1.807) is 7.05 Å². The molecule has 0 aliphatic carbocycles. The average Bonchev–Trinajstić information content (AvgIpc) is 2.70. The molecule has 0 aromatic carbocycles. The Balaban J connectivity index is 1.76. The van der Waals surface area contributed by atoms with Gasteiger partial charge in [-0.25, -0.2) is 13.1 Å². The summed E-state index contributed by atoms with van der Waals surface area (Å²) in [5.41, 5.74) is 5.69. The number of hydrogen-bond donors (Lipinski definition) is 2. The van der Waals surface area contributed by atoms with E-state index in [4.69, 9.17) is 5.73 Å². The fourth-order valence-corrected chi connectivity index (χ4v) is 5.05. The summed E-state index contributed by atoms with van der Waals surface area (Å²) < 4.78 is 29.2. The van der Waals surface area contributed by atoms with Crippen molar-refractivity contribution in [2.24, 2.45) is 7.05 Å². The summed E-state index contributed by atoms with van der Waals surface area (Å²) in [6.45, 7) is 0. The van der Waals surface area contributed by atoms with Gasteiger partial charge in [0.1, 0.15) is 4.90 Å². The lowest BCUT2D eigenvalue weighted by molar-refractivity contribution is 0.0536. The van der Waals surface area contributed by atoms with E-state index in [2.05, 4.69) is 21.8 Å². The summed E-state index contributed by atoms with van der Waals surface area (Å²) in [5.74, 6) is 0.0538. The van der Waals surface area contributed by atoms with Crippen LogP contribution in [0.3, 0.4) is 0 Å². The first-order valence-corrected chi connectivity index (χ1v) is 8.88. The van der Waals surface area contributed by atoms with Crippen LogP contribution in [0.2, 0.25) is 0 Å². The Morgan fingerprint density at radius 2 is 1.90 bits per heavy atom. The number of nitrogens with one attached hydrogen (secondary N) is 1. The molecule has 1 aromatic rings. The largest absolute Gasteiger partial charge is 0.381 e. The highest BCUT2D eigenvalue weighted by atomic mass is 32.2. The molecule has 0 saturated carbocycles. The van der Waals surface area contributed by atoms with E-state index in [1.165, 1.54) is 17.3 Å². The van der Waals surface area contributed by atoms with Crippen molar-refractivity contribution in [3.63, 3.8) is 0 Å². The van der Waals surface area contributed by atoms with Gasteiger partial charge in [-0.15, -0.1) is 0 Å². The van der Waals surface area contributed by atoms with Crippen LogP contribution in [-0.2, 0) is 17.1 Å². The van der Waals surface area contributed by atoms with Gasteiger partial charge in [0, 0.05) is 31.4 Å². The predicted octanol–water partition coefficient (Wildman–Crippen LogP) is 0.296. The third kappa shape index (κ3) is 2.79. The lowest BCUT2D eigenvalue weighted by Gasteiger charge is -2.47. The molecule has 2 saturated heterocycles. The van der Waals surface area contributed by atoms with Gasteiger partial charge in [0.05, 0.1) is 0 Å². The molecule has 2 bridgehead atoms. The van der Waals surface area contributed by atoms with Gasteiger partial charge in [-0.05, 0) is 32.7 Å². The minimum atomic E-state index is -3.60. The molecule has 118 valence electrons. The molecule has 2 aliphatic rings. The number of sulfonamides is 1. The van der Waals surface area contributed by atoms with Crippen LogP contribution in [0.5, 0.6) is 0 Å². The number of nitrogen functional groups attached to an aromatic ring is 1. The molecule has 2 unspecified atom stereocenters. The summed E-state index contributed by atoms with van der Waals surface area (Å²) in [6.07, 6.45) is 6.74. The molecule has 3 N–H and O–H groups in total. The van der Waals surface area contributed by atoms with Gasteiger partial charge in [-0.1, -0.05) is 6.42 Å². The van der Waals surface area contributed by atoms with Crippen molar-refractivity contribution in [3.8, 4) is 0 Å². The number of hydrogen-bond acceptors (Lipinski definition) is 5. The van der Waals surface area contributed by atoms with Crippen LogP contribution in [0.15, 0.2) is 11.1 Å². The van der Waals surface area contributed by atoms with Gasteiger partial charge in [-0.3, -0.25) is 4.68 Å². The van der Waals surface area contributed by atoms with Crippen LogP contribution in [0.25, 0.3) is 0 Å². The highest BCUT2D eigenvalue weighted by Gasteiger charge is 2.37. The van der Waals surface area contributed by atoms with Gasteiger partial charge >= 0.3 is 0 Å². The molecule has 21 heavy (non-hydrogen) atoms. The molecule has 0 spiro atoms. The Bertz CT molecular complexity index is 613. The van der Waals surface area contributed by atoms with Crippen LogP contribution in [-0.4, -0.2) is 48.3 Å². The van der Waals surface area contributed by atoms with Crippen LogP contribution < -0.4 is 10.5 Å². The SMILES string of the molecule is CN1C2CCCC1CC(NS(=O)(=O)c1cn(C)nc1N)C2. The standard InChI is InChI=1S/C13H23N5O2S/c1-17-8-12(13(14)15-17)21(19,20)16-9-6-10-4-3-5-11(7-9)18(10)2/h8-11,16H,3-7H2,1-2H3,(H2,14,15). The lowest BCUT2D eigenvalue weighted by atomic mass is 9.83. The average molecular weight is 313 g/mol. The molecule has 8 heteroatoms. The summed E-state index contributed by atoms with van der Waals surface area (Å²) in [5, 5.41) is 3.91. The van der Waals surface area contributed by atoms with Crippen molar-refractivity contribution in [1.29, 1.82) is 0 Å². The number of aromatic nitrogens is 2. The molecule has 2 atom stereocenters. The van der Waals surface area contributed by atoms with Crippen molar-refractivity contribution in [2.45, 2.75) is 55.1 Å². The van der Waals surface area contributed by atoms with E-state index >= 15 is 0 Å². The van der Waals surface area contributed by atoms with E-state index in [1.807, 2.05) is 0 Å². The molecule has 3 heterocycles. The maximum Gasteiger partial charge on any atom is 0.246 e. The summed E-state index contributed by atoms with van der Waals surface area (Å²) >= 11 is 0. The zero-order chi connectivity index (χ0) is 15.2. The van der Waals surface area contributed by atoms with Crippen LogP contribution in [0.1, 0.15) is 32.1 Å². The number of fused-ring (bicyclic) bond motifs is 2. The number of aryl methyl sites for hydroxylation is 1. The molecule has 2 fully saturated rings. The molecular formula is C13H23N5O2S. The molecule has 0 radical (unpaired) electrons. The second kappa shape index (κ2) is 5.26. The minimum absolute atomic E-state index is 0.0129. The smallest absolute Gasteiger partial charge is 0.246 e. The molecule has 7 nitrogen and oxygen atoms in total. The number of anilines is 1. The molecular weight excluding hydrogens is 290 g/mol. The van der Waals surface area contributed by atoms with E-state index in [0.717, 1.165) is 25.7 Å². The topological polar surface area (TPSA) is 93.2 Å². The summed E-state index contributed by atoms with van der Waals surface area (Å²) in [7, 11) is 0.218. The van der Waals surface area contributed by atoms with E-state index in [0.29, 0.717) is 12.1 Å². The summed E-state index contributed by atoms with van der Waals surface area (Å²) in [6, 6.07) is 0.953. The first kappa shape index (κ1) is 14.8. The van der Waals surface area contributed by atoms with Gasteiger partial charge in [0.15, 0.2) is 5.82 Å². The monoisotopic (exact) mass is 313 g/mol. The predicted molar refractivity (Wildman–Crippen MR) is 80.2 cm³/mol. The molecule has 1 aromatic heterocycles. The first-order chi connectivity index (χ1) is 9.87. The number of nitrogens with two attached hydrogens (primary N) is 1. The van der Waals surface area contributed by atoms with Crippen LogP contribution in [0, 0.1) is 0 Å². The maximum atomic E-state index is 12.5. The molecule has 3 rings (SSSR count). The molecule has 2 aliphatic heterocycles. The van der Waals surface area contributed by atoms with Crippen LogP contribution in [0.4, 0.5) is 5.82 Å². The fourth-order valence-electron chi connectivity index (χ4n) is 3.69. The second-order valence-electron chi connectivity index (χ2n) is 6.25. The highest BCUT2D eigenvalue weighted by molar-refractivity contribution is 7.89. The zero-order valence-corrected chi connectivity index (χ0v) is 13.3. The van der Waals surface area contributed by atoms with Gasteiger partial charge in [0.2, 0.25) is 10.0 Å². The Labute approximate surface area is 125 Å². The Hall–Kier alpha value is -1.12. The van der Waals surface area contributed by atoms with Crippen molar-refractivity contribution in [3.05, 3.63) is 6.20 Å². The quantitative estimate of drug-likeness (QED) is 0.837. The summed E-state index contributed by atoms with van der Waals surface area (Å²) in [4.78, 5) is 2.49. The fraction of sp³-hybridized carbons (Fsp3) is 0.769. The highest BCUT2D eigenvalue weighted by Crippen LogP contribution is 2.33. The number of piperidine rings is 2.